The van der Waals surface area contributed by atoms with Crippen LogP contribution in [0.4, 0.5) is 11.6 Å². The topological polar surface area (TPSA) is 115 Å². The van der Waals surface area contributed by atoms with Gasteiger partial charge in [0.2, 0.25) is 5.91 Å². The lowest BCUT2D eigenvalue weighted by Crippen LogP contribution is -2.30. The minimum absolute atomic E-state index is 0.00238. The van der Waals surface area contributed by atoms with Gasteiger partial charge in [0.1, 0.15) is 5.82 Å². The summed E-state index contributed by atoms with van der Waals surface area (Å²) in [6.07, 6.45) is 2.39. The summed E-state index contributed by atoms with van der Waals surface area (Å²) in [6.45, 7) is 7.37. The summed E-state index contributed by atoms with van der Waals surface area (Å²) in [5.74, 6) is 0.343. The maximum Gasteiger partial charge on any atom is 0.298 e. The molecule has 0 spiro atoms. The van der Waals surface area contributed by atoms with E-state index in [9.17, 15) is 9.59 Å². The fraction of sp³-hybridized carbons (Fsp3) is 0.304. The maximum atomic E-state index is 13.3. The number of benzene rings is 1. The zero-order valence-corrected chi connectivity index (χ0v) is 18.3. The summed E-state index contributed by atoms with van der Waals surface area (Å²) >= 11 is 0. The van der Waals surface area contributed by atoms with Crippen molar-refractivity contribution >= 4 is 17.5 Å². The van der Waals surface area contributed by atoms with Crippen molar-refractivity contribution in [3.05, 3.63) is 75.5 Å². The third-order valence-corrected chi connectivity index (χ3v) is 5.00. The molecule has 162 valence electrons. The molecular formula is C23H28N6O2. The van der Waals surface area contributed by atoms with Crippen molar-refractivity contribution in [2.75, 3.05) is 11.1 Å². The third-order valence-electron chi connectivity index (χ3n) is 5.00. The van der Waals surface area contributed by atoms with Gasteiger partial charge < -0.3 is 16.4 Å². The van der Waals surface area contributed by atoms with Crippen molar-refractivity contribution in [3.8, 4) is 5.69 Å². The first-order valence-electron chi connectivity index (χ1n) is 10.2. The van der Waals surface area contributed by atoms with Crippen LogP contribution in [-0.4, -0.2) is 26.5 Å². The number of nitrogens with zero attached hydrogens (tertiary/aromatic N) is 3. The Bertz CT molecular complexity index is 1140. The number of nitrogens with one attached hydrogen (secondary N) is 2. The molecule has 4 N–H and O–H groups in total. The van der Waals surface area contributed by atoms with Gasteiger partial charge in [-0.3, -0.25) is 14.2 Å². The van der Waals surface area contributed by atoms with E-state index in [1.807, 2.05) is 44.2 Å². The number of carbonyl (C=O) groups is 1. The molecule has 0 saturated carbocycles. The van der Waals surface area contributed by atoms with E-state index < -0.39 is 0 Å². The predicted molar refractivity (Wildman–Crippen MR) is 122 cm³/mol. The van der Waals surface area contributed by atoms with E-state index in [0.29, 0.717) is 23.6 Å². The smallest absolute Gasteiger partial charge is 0.298 e. The SMILES string of the molecule is CC(=O)NCc1cc(-n2c(C)cnc(N[C@@H](C)Cc3ccccc3)c2=O)c(N)nc1C. The molecule has 3 aromatic rings. The van der Waals surface area contributed by atoms with Crippen molar-refractivity contribution in [1.29, 1.82) is 0 Å². The second-order valence-electron chi connectivity index (χ2n) is 7.67. The average Bonchev–Trinajstić information content (AvgIpc) is 2.71. The van der Waals surface area contributed by atoms with Gasteiger partial charge in [0.25, 0.3) is 5.56 Å². The van der Waals surface area contributed by atoms with Crippen LogP contribution in [0.25, 0.3) is 5.69 Å². The first kappa shape index (κ1) is 22.0. The molecule has 1 aromatic carbocycles. The van der Waals surface area contributed by atoms with Gasteiger partial charge in [-0.1, -0.05) is 30.3 Å². The average molecular weight is 421 g/mol. The Morgan fingerprint density at radius 1 is 1.23 bits per heavy atom. The van der Waals surface area contributed by atoms with Crippen LogP contribution in [0.2, 0.25) is 0 Å². The van der Waals surface area contributed by atoms with Crippen LogP contribution in [0, 0.1) is 13.8 Å². The summed E-state index contributed by atoms with van der Waals surface area (Å²) in [5.41, 5.74) is 9.62. The standard InChI is InChI=1S/C23H28N6O2/c1-14(10-18-8-6-5-7-9-18)27-22-23(31)29(15(2)12-26-22)20-11-19(13-25-17(4)30)16(3)28-21(20)24/h5-9,11-12,14H,10,13H2,1-4H3,(H2,24,28)(H,25,30)(H,26,27)/t14-/m0/s1. The number of hydrogen-bond donors (Lipinski definition) is 3. The molecule has 3 rings (SSSR count). The quantitative estimate of drug-likeness (QED) is 0.541. The molecule has 8 nitrogen and oxygen atoms in total. The highest BCUT2D eigenvalue weighted by molar-refractivity contribution is 5.73. The Morgan fingerprint density at radius 2 is 1.94 bits per heavy atom. The van der Waals surface area contributed by atoms with Crippen LogP contribution in [0.3, 0.4) is 0 Å². The van der Waals surface area contributed by atoms with Gasteiger partial charge in [-0.15, -0.1) is 0 Å². The lowest BCUT2D eigenvalue weighted by atomic mass is 10.1. The highest BCUT2D eigenvalue weighted by Gasteiger charge is 2.16. The van der Waals surface area contributed by atoms with Crippen LogP contribution in [0.15, 0.2) is 47.4 Å². The molecule has 0 aliphatic carbocycles. The van der Waals surface area contributed by atoms with Gasteiger partial charge in [-0.25, -0.2) is 9.97 Å². The number of rotatable bonds is 7. The molecule has 1 atom stereocenters. The van der Waals surface area contributed by atoms with E-state index in [0.717, 1.165) is 12.0 Å². The summed E-state index contributed by atoms with van der Waals surface area (Å²) in [5, 5.41) is 5.98. The molecule has 31 heavy (non-hydrogen) atoms. The maximum absolute atomic E-state index is 13.3. The van der Waals surface area contributed by atoms with Crippen molar-refractivity contribution in [2.24, 2.45) is 0 Å². The van der Waals surface area contributed by atoms with E-state index >= 15 is 0 Å². The number of carbonyl (C=O) groups excluding carboxylic acids is 1. The summed E-state index contributed by atoms with van der Waals surface area (Å²) in [7, 11) is 0. The lowest BCUT2D eigenvalue weighted by Gasteiger charge is -2.18. The van der Waals surface area contributed by atoms with Crippen molar-refractivity contribution in [3.63, 3.8) is 0 Å². The molecule has 0 radical (unpaired) electrons. The molecule has 0 aliphatic rings. The van der Waals surface area contributed by atoms with E-state index in [-0.39, 0.29) is 29.1 Å². The molecular weight excluding hydrogens is 392 g/mol. The number of amides is 1. The minimum atomic E-state index is -0.303. The Hall–Kier alpha value is -3.68. The number of hydrogen-bond acceptors (Lipinski definition) is 6. The lowest BCUT2D eigenvalue weighted by molar-refractivity contribution is -0.119. The Morgan fingerprint density at radius 3 is 2.61 bits per heavy atom. The van der Waals surface area contributed by atoms with Crippen LogP contribution in [0.5, 0.6) is 0 Å². The first-order chi connectivity index (χ1) is 14.8. The largest absolute Gasteiger partial charge is 0.382 e. The van der Waals surface area contributed by atoms with Crippen LogP contribution >= 0.6 is 0 Å². The van der Waals surface area contributed by atoms with Gasteiger partial charge in [0.05, 0.1) is 5.69 Å². The van der Waals surface area contributed by atoms with Crippen LogP contribution in [0.1, 0.15) is 36.4 Å². The molecule has 2 aromatic heterocycles. The molecule has 2 heterocycles. The van der Waals surface area contributed by atoms with Gasteiger partial charge in [0.15, 0.2) is 5.82 Å². The Balaban J connectivity index is 1.94. The number of aromatic nitrogens is 3. The van der Waals surface area contributed by atoms with Gasteiger partial charge in [-0.2, -0.15) is 0 Å². The molecule has 1 amide bonds. The van der Waals surface area contributed by atoms with Gasteiger partial charge in [-0.05, 0) is 44.4 Å². The van der Waals surface area contributed by atoms with E-state index in [2.05, 4.69) is 20.6 Å². The molecule has 0 aliphatic heterocycles. The van der Waals surface area contributed by atoms with Crippen LogP contribution < -0.4 is 21.9 Å². The van der Waals surface area contributed by atoms with Crippen molar-refractivity contribution < 1.29 is 4.79 Å². The van der Waals surface area contributed by atoms with E-state index in [4.69, 9.17) is 5.73 Å². The fourth-order valence-electron chi connectivity index (χ4n) is 3.42. The number of nitrogen functional groups attached to an aromatic ring is 1. The second-order valence-corrected chi connectivity index (χ2v) is 7.67. The molecule has 0 unspecified atom stereocenters. The zero-order valence-electron chi connectivity index (χ0n) is 18.3. The van der Waals surface area contributed by atoms with Gasteiger partial charge >= 0.3 is 0 Å². The Kier molecular flexibility index (Phi) is 6.69. The number of pyridine rings is 1. The highest BCUT2D eigenvalue weighted by Crippen LogP contribution is 2.20. The summed E-state index contributed by atoms with van der Waals surface area (Å²) in [4.78, 5) is 33.3. The Labute approximate surface area is 181 Å². The molecule has 0 bridgehead atoms. The monoisotopic (exact) mass is 420 g/mol. The summed E-state index contributed by atoms with van der Waals surface area (Å²) in [6, 6.07) is 11.8. The number of anilines is 2. The third kappa shape index (κ3) is 5.28. The fourth-order valence-corrected chi connectivity index (χ4v) is 3.42. The van der Waals surface area contributed by atoms with E-state index in [1.54, 1.807) is 19.2 Å². The predicted octanol–water partition coefficient (Wildman–Crippen LogP) is 2.51. The zero-order chi connectivity index (χ0) is 22.5. The number of nitrogens with two attached hydrogens (primary N) is 1. The van der Waals surface area contributed by atoms with Crippen molar-refractivity contribution in [2.45, 2.75) is 46.7 Å². The second kappa shape index (κ2) is 9.42. The molecule has 0 saturated heterocycles. The molecule has 8 heteroatoms. The summed E-state index contributed by atoms with van der Waals surface area (Å²) < 4.78 is 1.50. The van der Waals surface area contributed by atoms with Crippen molar-refractivity contribution in [1.82, 2.24) is 19.9 Å². The molecule has 0 fully saturated rings. The van der Waals surface area contributed by atoms with Gasteiger partial charge in [0, 0.05) is 37.1 Å². The first-order valence-corrected chi connectivity index (χ1v) is 10.2. The van der Waals surface area contributed by atoms with Crippen LogP contribution in [-0.2, 0) is 17.8 Å². The van der Waals surface area contributed by atoms with E-state index in [1.165, 1.54) is 17.1 Å². The number of aryl methyl sites for hydroxylation is 2. The highest BCUT2D eigenvalue weighted by atomic mass is 16.1. The normalized spacial score (nSPS) is 11.7. The minimum Gasteiger partial charge on any atom is -0.382 e.